The van der Waals surface area contributed by atoms with Crippen molar-refractivity contribution in [1.82, 2.24) is 15.6 Å². The normalized spacial score (nSPS) is 22.0. The van der Waals surface area contributed by atoms with Crippen molar-refractivity contribution in [1.29, 1.82) is 0 Å². The molecule has 1 aliphatic rings. The van der Waals surface area contributed by atoms with Gasteiger partial charge in [-0.3, -0.25) is 4.99 Å². The second-order valence-corrected chi connectivity index (χ2v) is 8.14. The molecule has 2 heterocycles. The average Bonchev–Trinajstić information content (AvgIpc) is 3.08. The molecule has 1 atom stereocenters. The Balaban J connectivity index is 0.00000220. The first kappa shape index (κ1) is 19.0. The zero-order valence-electron chi connectivity index (χ0n) is 12.9. The molecule has 0 bridgehead atoms. The smallest absolute Gasteiger partial charge is 0.191 e. The summed E-state index contributed by atoms with van der Waals surface area (Å²) in [6, 6.07) is 0. The second-order valence-electron chi connectivity index (χ2n) is 5.26. The van der Waals surface area contributed by atoms with E-state index < -0.39 is 0 Å². The van der Waals surface area contributed by atoms with Gasteiger partial charge in [0.1, 0.15) is 5.01 Å². The minimum atomic E-state index is 0. The molecule has 120 valence electrons. The van der Waals surface area contributed by atoms with Crippen LogP contribution < -0.4 is 10.6 Å². The molecule has 4 nitrogen and oxygen atoms in total. The second kappa shape index (κ2) is 9.19. The third kappa shape index (κ3) is 5.94. The molecule has 1 aliphatic heterocycles. The summed E-state index contributed by atoms with van der Waals surface area (Å²) in [5.41, 5.74) is 0. The fourth-order valence-corrected chi connectivity index (χ4v) is 4.27. The number of thioether (sulfide) groups is 1. The van der Waals surface area contributed by atoms with E-state index >= 15 is 0 Å². The van der Waals surface area contributed by atoms with Gasteiger partial charge in [-0.05, 0) is 31.9 Å². The number of thiazole rings is 1. The number of hydrogen-bond acceptors (Lipinski definition) is 4. The summed E-state index contributed by atoms with van der Waals surface area (Å²) >= 11 is 3.83. The van der Waals surface area contributed by atoms with Crippen molar-refractivity contribution in [3.8, 4) is 0 Å². The van der Waals surface area contributed by atoms with E-state index in [1.165, 1.54) is 23.5 Å². The van der Waals surface area contributed by atoms with Crippen molar-refractivity contribution in [3.05, 3.63) is 16.1 Å². The number of aryl methyl sites for hydroxylation is 1. The van der Waals surface area contributed by atoms with Crippen molar-refractivity contribution < 1.29 is 0 Å². The molecule has 0 aliphatic carbocycles. The van der Waals surface area contributed by atoms with Crippen LogP contribution in [0.25, 0.3) is 0 Å². The summed E-state index contributed by atoms with van der Waals surface area (Å²) in [4.78, 5) is 10.0. The van der Waals surface area contributed by atoms with Crippen molar-refractivity contribution in [2.75, 3.05) is 19.3 Å². The summed E-state index contributed by atoms with van der Waals surface area (Å²) in [5.74, 6) is 2.15. The van der Waals surface area contributed by atoms with Gasteiger partial charge in [0.15, 0.2) is 5.96 Å². The predicted molar refractivity (Wildman–Crippen MR) is 105 cm³/mol. The molecule has 0 aromatic carbocycles. The maximum absolute atomic E-state index is 4.41. The Morgan fingerprint density at radius 2 is 2.29 bits per heavy atom. The van der Waals surface area contributed by atoms with Crippen molar-refractivity contribution in [3.63, 3.8) is 0 Å². The van der Waals surface area contributed by atoms with Crippen LogP contribution in [-0.4, -0.2) is 35.0 Å². The number of aliphatic imine (C=N–C) groups is 1. The van der Waals surface area contributed by atoms with Crippen LogP contribution in [0.15, 0.2) is 11.2 Å². The van der Waals surface area contributed by atoms with Crippen molar-refractivity contribution >= 4 is 53.0 Å². The lowest BCUT2D eigenvalue weighted by molar-refractivity contribution is 0.584. The maximum Gasteiger partial charge on any atom is 0.191 e. The third-order valence-corrected chi connectivity index (χ3v) is 6.19. The number of nitrogens with zero attached hydrogens (tertiary/aromatic N) is 2. The van der Waals surface area contributed by atoms with Crippen LogP contribution in [0.3, 0.4) is 0 Å². The topological polar surface area (TPSA) is 49.3 Å². The Bertz CT molecular complexity index is 456. The average molecular weight is 440 g/mol. The molecular formula is C14H25IN4S2. The van der Waals surface area contributed by atoms with Crippen LogP contribution in [0.5, 0.6) is 0 Å². The van der Waals surface area contributed by atoms with Crippen molar-refractivity contribution in [2.24, 2.45) is 4.99 Å². The van der Waals surface area contributed by atoms with Gasteiger partial charge in [-0.1, -0.05) is 6.92 Å². The summed E-state index contributed by atoms with van der Waals surface area (Å²) in [7, 11) is 1.82. The largest absolute Gasteiger partial charge is 0.355 e. The molecule has 1 unspecified atom stereocenters. The highest BCUT2D eigenvalue weighted by Gasteiger charge is 2.29. The summed E-state index contributed by atoms with van der Waals surface area (Å²) < 4.78 is 0.355. The van der Waals surface area contributed by atoms with Crippen LogP contribution in [0, 0.1) is 0 Å². The molecule has 21 heavy (non-hydrogen) atoms. The van der Waals surface area contributed by atoms with Gasteiger partial charge in [0.2, 0.25) is 0 Å². The number of halogens is 1. The lowest BCUT2D eigenvalue weighted by atomic mass is 10.1. The molecule has 7 heteroatoms. The molecule has 0 saturated carbocycles. The van der Waals surface area contributed by atoms with E-state index in [9.17, 15) is 0 Å². The van der Waals surface area contributed by atoms with E-state index in [1.54, 1.807) is 11.3 Å². The SMILES string of the molecule is CCc1cnc(CNC(=NC)NCC2(C)CCCS2)s1.I. The van der Waals surface area contributed by atoms with Gasteiger partial charge in [0.25, 0.3) is 0 Å². The van der Waals surface area contributed by atoms with E-state index in [0.29, 0.717) is 4.75 Å². The summed E-state index contributed by atoms with van der Waals surface area (Å²) in [6.45, 7) is 6.20. The number of aromatic nitrogens is 1. The van der Waals surface area contributed by atoms with E-state index in [0.717, 1.165) is 30.5 Å². The van der Waals surface area contributed by atoms with Gasteiger partial charge in [-0.2, -0.15) is 11.8 Å². The third-order valence-electron chi connectivity index (χ3n) is 3.51. The molecule has 0 amide bonds. The molecular weight excluding hydrogens is 415 g/mol. The Morgan fingerprint density at radius 1 is 1.48 bits per heavy atom. The summed E-state index contributed by atoms with van der Waals surface area (Å²) in [6.07, 6.45) is 5.64. The van der Waals surface area contributed by atoms with Crippen LogP contribution in [0.2, 0.25) is 0 Å². The zero-order chi connectivity index (χ0) is 14.4. The molecule has 1 aromatic rings. The van der Waals surface area contributed by atoms with Gasteiger partial charge < -0.3 is 10.6 Å². The van der Waals surface area contributed by atoms with E-state index in [-0.39, 0.29) is 24.0 Å². The summed E-state index contributed by atoms with van der Waals surface area (Å²) in [5, 5.41) is 7.90. The van der Waals surface area contributed by atoms with Crippen LogP contribution in [0.1, 0.15) is 36.6 Å². The number of guanidine groups is 1. The quantitative estimate of drug-likeness (QED) is 0.419. The Labute approximate surface area is 153 Å². The van der Waals surface area contributed by atoms with E-state index in [2.05, 4.69) is 46.2 Å². The maximum atomic E-state index is 4.41. The molecule has 0 radical (unpaired) electrons. The Kier molecular flexibility index (Phi) is 8.33. The lowest BCUT2D eigenvalue weighted by Gasteiger charge is -2.24. The molecule has 2 rings (SSSR count). The number of rotatable bonds is 5. The lowest BCUT2D eigenvalue weighted by Crippen LogP contribution is -2.43. The number of hydrogen-bond donors (Lipinski definition) is 2. The molecule has 1 saturated heterocycles. The highest BCUT2D eigenvalue weighted by Crippen LogP contribution is 2.36. The van der Waals surface area contributed by atoms with Gasteiger partial charge in [0.05, 0.1) is 6.54 Å². The van der Waals surface area contributed by atoms with E-state index in [4.69, 9.17) is 0 Å². The first-order valence-electron chi connectivity index (χ1n) is 7.17. The fraction of sp³-hybridized carbons (Fsp3) is 0.714. The standard InChI is InChI=1S/C14H24N4S2.HI/c1-4-11-8-16-12(20-11)9-17-13(15-3)18-10-14(2)6-5-7-19-14;/h8H,4-7,9-10H2,1-3H3,(H2,15,17,18);1H. The minimum Gasteiger partial charge on any atom is -0.355 e. The van der Waals surface area contributed by atoms with Crippen molar-refractivity contribution in [2.45, 2.75) is 44.4 Å². The number of nitrogens with one attached hydrogen (secondary N) is 2. The molecule has 1 aromatic heterocycles. The zero-order valence-corrected chi connectivity index (χ0v) is 16.9. The van der Waals surface area contributed by atoms with Gasteiger partial charge >= 0.3 is 0 Å². The predicted octanol–water partition coefficient (Wildman–Crippen LogP) is 3.27. The van der Waals surface area contributed by atoms with Crippen LogP contribution in [0.4, 0.5) is 0 Å². The first-order chi connectivity index (χ1) is 9.65. The van der Waals surface area contributed by atoms with E-state index in [1.807, 2.05) is 13.2 Å². The Morgan fingerprint density at radius 3 is 2.86 bits per heavy atom. The fourth-order valence-electron chi connectivity index (χ4n) is 2.22. The molecule has 0 spiro atoms. The Hall–Kier alpha value is -0.0200. The van der Waals surface area contributed by atoms with Gasteiger partial charge in [0, 0.05) is 29.4 Å². The molecule has 1 fully saturated rings. The molecule has 2 N–H and O–H groups in total. The highest BCUT2D eigenvalue weighted by atomic mass is 127. The minimum absolute atomic E-state index is 0. The first-order valence-corrected chi connectivity index (χ1v) is 8.97. The van der Waals surface area contributed by atoms with Crippen LogP contribution >= 0.6 is 47.1 Å². The van der Waals surface area contributed by atoms with Gasteiger partial charge in [-0.25, -0.2) is 4.98 Å². The monoisotopic (exact) mass is 440 g/mol. The highest BCUT2D eigenvalue weighted by molar-refractivity contribution is 14.0. The van der Waals surface area contributed by atoms with Crippen LogP contribution in [-0.2, 0) is 13.0 Å². The van der Waals surface area contributed by atoms with Gasteiger partial charge in [-0.15, -0.1) is 35.3 Å².